The maximum Gasteiger partial charge on any atom is 0.241 e. The van der Waals surface area contributed by atoms with Crippen molar-refractivity contribution in [1.29, 1.82) is 0 Å². The molecule has 0 bridgehead atoms. The van der Waals surface area contributed by atoms with E-state index in [0.717, 1.165) is 36.1 Å². The molecule has 4 nitrogen and oxygen atoms in total. The van der Waals surface area contributed by atoms with Gasteiger partial charge in [0.1, 0.15) is 0 Å². The summed E-state index contributed by atoms with van der Waals surface area (Å²) in [6.07, 6.45) is 6.93. The number of anilines is 1. The number of halogens is 1. The van der Waals surface area contributed by atoms with Gasteiger partial charge in [-0.1, -0.05) is 0 Å². The van der Waals surface area contributed by atoms with E-state index >= 15 is 0 Å². The van der Waals surface area contributed by atoms with Crippen LogP contribution in [-0.2, 0) is 4.79 Å². The van der Waals surface area contributed by atoms with E-state index in [2.05, 4.69) is 26.2 Å². The van der Waals surface area contributed by atoms with Crippen molar-refractivity contribution in [3.8, 4) is 0 Å². The van der Waals surface area contributed by atoms with Crippen molar-refractivity contribution in [2.45, 2.75) is 19.3 Å². The lowest BCUT2D eigenvalue weighted by atomic mass is 10.1. The van der Waals surface area contributed by atoms with Crippen LogP contribution in [0.25, 0.3) is 0 Å². The lowest BCUT2D eigenvalue weighted by Gasteiger charge is -2.27. The minimum absolute atomic E-state index is 0.174. The van der Waals surface area contributed by atoms with Crippen LogP contribution < -0.4 is 5.32 Å². The van der Waals surface area contributed by atoms with Crippen molar-refractivity contribution in [2.24, 2.45) is 0 Å². The van der Waals surface area contributed by atoms with Crippen LogP contribution in [0.5, 0.6) is 0 Å². The van der Waals surface area contributed by atoms with Crippen molar-refractivity contribution in [2.75, 3.05) is 25.0 Å². The number of nitrogens with zero attached hydrogens (tertiary/aromatic N) is 2. The Kier molecular flexibility index (Phi) is 4.36. The lowest BCUT2D eigenvalue weighted by Crippen LogP contribution is -2.39. The van der Waals surface area contributed by atoms with Crippen LogP contribution in [0.1, 0.15) is 19.3 Å². The number of carbonyl (C=O) groups is 1. The highest BCUT2D eigenvalue weighted by molar-refractivity contribution is 9.10. The molecule has 1 aliphatic rings. The molecule has 0 atom stereocenters. The van der Waals surface area contributed by atoms with Gasteiger partial charge in [0.15, 0.2) is 0 Å². The molecule has 2 rings (SSSR count). The minimum atomic E-state index is 0.174. The molecule has 0 aromatic carbocycles. The molecule has 0 aliphatic carbocycles. The number of nitrogens with one attached hydrogen (secondary N) is 1. The average molecular weight is 298 g/mol. The van der Waals surface area contributed by atoms with Crippen LogP contribution >= 0.6 is 15.9 Å². The highest BCUT2D eigenvalue weighted by Crippen LogP contribution is 2.19. The maximum absolute atomic E-state index is 11.9. The summed E-state index contributed by atoms with van der Waals surface area (Å²) in [4.78, 5) is 17.8. The molecular formula is C12H16BrN3O. The highest BCUT2D eigenvalue weighted by atomic mass is 79.9. The SMILES string of the molecule is O=C(CNc1ccncc1Br)N1CCCCC1. The summed E-state index contributed by atoms with van der Waals surface area (Å²) in [6.45, 7) is 2.15. The zero-order chi connectivity index (χ0) is 12.1. The molecule has 1 amide bonds. The molecule has 0 spiro atoms. The van der Waals surface area contributed by atoms with Crippen LogP contribution in [0.2, 0.25) is 0 Å². The summed E-state index contributed by atoms with van der Waals surface area (Å²) in [5, 5.41) is 3.13. The molecule has 1 N–H and O–H groups in total. The first-order valence-corrected chi connectivity index (χ1v) is 6.68. The fourth-order valence-corrected chi connectivity index (χ4v) is 2.34. The van der Waals surface area contributed by atoms with Gasteiger partial charge in [-0.3, -0.25) is 9.78 Å². The van der Waals surface area contributed by atoms with E-state index in [1.54, 1.807) is 12.4 Å². The van der Waals surface area contributed by atoms with Crippen molar-refractivity contribution in [3.05, 3.63) is 22.9 Å². The van der Waals surface area contributed by atoms with E-state index in [0.29, 0.717) is 6.54 Å². The fourth-order valence-electron chi connectivity index (χ4n) is 1.94. The lowest BCUT2D eigenvalue weighted by molar-refractivity contribution is -0.130. The first-order chi connectivity index (χ1) is 8.27. The molecule has 92 valence electrons. The molecule has 1 aromatic rings. The number of hydrogen-bond acceptors (Lipinski definition) is 3. The van der Waals surface area contributed by atoms with Crippen molar-refractivity contribution in [3.63, 3.8) is 0 Å². The smallest absolute Gasteiger partial charge is 0.241 e. The fraction of sp³-hybridized carbons (Fsp3) is 0.500. The van der Waals surface area contributed by atoms with Crippen molar-refractivity contribution < 1.29 is 4.79 Å². The molecule has 5 heteroatoms. The van der Waals surface area contributed by atoms with E-state index in [-0.39, 0.29) is 5.91 Å². The third kappa shape index (κ3) is 3.43. The van der Waals surface area contributed by atoms with Crippen LogP contribution in [0.3, 0.4) is 0 Å². The number of rotatable bonds is 3. The summed E-state index contributed by atoms with van der Waals surface area (Å²) in [5.41, 5.74) is 0.908. The Balaban J connectivity index is 1.85. The molecule has 2 heterocycles. The van der Waals surface area contributed by atoms with Crippen LogP contribution in [0.15, 0.2) is 22.9 Å². The molecule has 0 radical (unpaired) electrons. The third-order valence-electron chi connectivity index (χ3n) is 2.91. The second kappa shape index (κ2) is 6.00. The topological polar surface area (TPSA) is 45.2 Å². The number of carbonyl (C=O) groups excluding carboxylic acids is 1. The monoisotopic (exact) mass is 297 g/mol. The summed E-state index contributed by atoms with van der Waals surface area (Å²) in [5.74, 6) is 0.174. The molecule has 0 saturated carbocycles. The van der Waals surface area contributed by atoms with Crippen LogP contribution in [0.4, 0.5) is 5.69 Å². The Hall–Kier alpha value is -1.10. The first-order valence-electron chi connectivity index (χ1n) is 5.88. The van der Waals surface area contributed by atoms with Gasteiger partial charge in [0.2, 0.25) is 5.91 Å². The number of hydrogen-bond donors (Lipinski definition) is 1. The first kappa shape index (κ1) is 12.4. The van der Waals surface area contributed by atoms with E-state index in [1.807, 2.05) is 11.0 Å². The zero-order valence-electron chi connectivity index (χ0n) is 9.66. The van der Waals surface area contributed by atoms with Gasteiger partial charge in [-0.2, -0.15) is 0 Å². The minimum Gasteiger partial charge on any atom is -0.375 e. The number of piperidine rings is 1. The molecule has 17 heavy (non-hydrogen) atoms. The Labute approximate surface area is 110 Å². The van der Waals surface area contributed by atoms with Gasteiger partial charge in [0.05, 0.1) is 16.7 Å². The third-order valence-corrected chi connectivity index (χ3v) is 3.54. The Bertz CT molecular complexity index is 391. The standard InChI is InChI=1S/C12H16BrN3O/c13-10-8-14-5-4-11(10)15-9-12(17)16-6-2-1-3-7-16/h4-5,8H,1-3,6-7,9H2,(H,14,15). The summed E-state index contributed by atoms with van der Waals surface area (Å²) in [7, 11) is 0. The summed E-state index contributed by atoms with van der Waals surface area (Å²) in [6, 6.07) is 1.85. The van der Waals surface area contributed by atoms with Gasteiger partial charge in [-0.25, -0.2) is 0 Å². The van der Waals surface area contributed by atoms with Gasteiger partial charge in [-0.05, 0) is 41.3 Å². The molecule has 1 aromatic heterocycles. The Morgan fingerprint density at radius 3 is 2.88 bits per heavy atom. The highest BCUT2D eigenvalue weighted by Gasteiger charge is 2.15. The van der Waals surface area contributed by atoms with E-state index in [1.165, 1.54) is 6.42 Å². The van der Waals surface area contributed by atoms with E-state index < -0.39 is 0 Å². The van der Waals surface area contributed by atoms with Gasteiger partial charge in [0, 0.05) is 25.5 Å². The maximum atomic E-state index is 11.9. The molecule has 1 saturated heterocycles. The zero-order valence-corrected chi connectivity index (χ0v) is 11.2. The normalized spacial score (nSPS) is 15.7. The quantitative estimate of drug-likeness (QED) is 0.931. The van der Waals surface area contributed by atoms with Crippen LogP contribution in [-0.4, -0.2) is 35.4 Å². The Morgan fingerprint density at radius 2 is 2.18 bits per heavy atom. The second-order valence-corrected chi connectivity index (χ2v) is 5.00. The average Bonchev–Trinajstić information content (AvgIpc) is 2.38. The van der Waals surface area contributed by atoms with Gasteiger partial charge < -0.3 is 10.2 Å². The summed E-state index contributed by atoms with van der Waals surface area (Å²) >= 11 is 3.39. The predicted molar refractivity (Wildman–Crippen MR) is 70.9 cm³/mol. The van der Waals surface area contributed by atoms with Crippen LogP contribution in [0, 0.1) is 0 Å². The van der Waals surface area contributed by atoms with Gasteiger partial charge in [-0.15, -0.1) is 0 Å². The largest absolute Gasteiger partial charge is 0.375 e. The second-order valence-electron chi connectivity index (χ2n) is 4.15. The van der Waals surface area contributed by atoms with Gasteiger partial charge in [0.25, 0.3) is 0 Å². The molecule has 0 unspecified atom stereocenters. The number of pyridine rings is 1. The van der Waals surface area contributed by atoms with E-state index in [4.69, 9.17) is 0 Å². The number of amides is 1. The van der Waals surface area contributed by atoms with Gasteiger partial charge >= 0.3 is 0 Å². The summed E-state index contributed by atoms with van der Waals surface area (Å²) < 4.78 is 0.881. The number of aromatic nitrogens is 1. The predicted octanol–water partition coefficient (Wildman–Crippen LogP) is 2.27. The molecular weight excluding hydrogens is 282 g/mol. The number of likely N-dealkylation sites (tertiary alicyclic amines) is 1. The van der Waals surface area contributed by atoms with E-state index in [9.17, 15) is 4.79 Å². The molecule has 1 aliphatic heterocycles. The van der Waals surface area contributed by atoms with Crippen molar-refractivity contribution >= 4 is 27.5 Å². The Morgan fingerprint density at radius 1 is 1.41 bits per heavy atom. The molecule has 1 fully saturated rings. The van der Waals surface area contributed by atoms with Crippen molar-refractivity contribution in [1.82, 2.24) is 9.88 Å².